The van der Waals surface area contributed by atoms with E-state index in [1.807, 2.05) is 6.07 Å². The minimum Gasteiger partial charge on any atom is -0.478 e. The van der Waals surface area contributed by atoms with Gasteiger partial charge >= 0.3 is 5.97 Å². The molecule has 1 aromatic rings. The Hall–Kier alpha value is -2.61. The molecule has 0 saturated heterocycles. The minimum atomic E-state index is -1.01. The van der Waals surface area contributed by atoms with Crippen LogP contribution in [0.1, 0.15) is 48.5 Å². The summed E-state index contributed by atoms with van der Waals surface area (Å²) in [4.78, 5) is 23.1. The van der Waals surface area contributed by atoms with Gasteiger partial charge in [0.1, 0.15) is 11.6 Å². The molecule has 120 valence electrons. The topological polar surface area (TPSA) is 90.2 Å². The normalized spacial score (nSPS) is 21.3. The third-order valence-corrected chi connectivity index (χ3v) is 4.26. The molecule has 2 unspecified atom stereocenters. The maximum Gasteiger partial charge on any atom is 0.335 e. The Morgan fingerprint density at radius 2 is 1.91 bits per heavy atom. The van der Waals surface area contributed by atoms with Crippen molar-refractivity contribution in [2.24, 2.45) is 5.92 Å². The summed E-state index contributed by atoms with van der Waals surface area (Å²) in [6, 6.07) is 8.10. The smallest absolute Gasteiger partial charge is 0.335 e. The van der Waals surface area contributed by atoms with Crippen LogP contribution in [0.15, 0.2) is 29.8 Å². The summed E-state index contributed by atoms with van der Waals surface area (Å²) in [7, 11) is 0. The Kier molecular flexibility index (Phi) is 5.53. The molecule has 1 saturated carbocycles. The van der Waals surface area contributed by atoms with Crippen LogP contribution in [0.3, 0.4) is 0 Å². The number of carbonyl (C=O) groups excluding carboxylic acids is 1. The number of nitrogens with one attached hydrogen (secondary N) is 1. The zero-order chi connectivity index (χ0) is 16.8. The molecule has 0 radical (unpaired) electrons. The fourth-order valence-corrected chi connectivity index (χ4v) is 2.81. The number of carboxylic acid groups (broad SMARTS) is 1. The number of nitrogens with zero attached hydrogens (tertiary/aromatic N) is 1. The van der Waals surface area contributed by atoms with Gasteiger partial charge in [-0.15, -0.1) is 0 Å². The van der Waals surface area contributed by atoms with Crippen LogP contribution in [-0.2, 0) is 4.79 Å². The first-order chi connectivity index (χ1) is 11.0. The molecule has 0 heterocycles. The molecular weight excluding hydrogens is 292 g/mol. The van der Waals surface area contributed by atoms with Gasteiger partial charge in [0, 0.05) is 6.04 Å². The zero-order valence-corrected chi connectivity index (χ0v) is 13.1. The lowest BCUT2D eigenvalue weighted by Crippen LogP contribution is -2.41. The number of amides is 1. The second kappa shape index (κ2) is 7.59. The number of carboxylic acids is 1. The summed E-state index contributed by atoms with van der Waals surface area (Å²) in [6.45, 7) is 2.12. The van der Waals surface area contributed by atoms with Gasteiger partial charge in [0.15, 0.2) is 0 Å². The number of hydrogen-bond acceptors (Lipinski definition) is 3. The van der Waals surface area contributed by atoms with E-state index in [0.717, 1.165) is 19.3 Å². The molecule has 1 amide bonds. The largest absolute Gasteiger partial charge is 0.478 e. The second-order valence-electron chi connectivity index (χ2n) is 5.94. The molecule has 1 aliphatic rings. The summed E-state index contributed by atoms with van der Waals surface area (Å²) in [5, 5.41) is 21.0. The van der Waals surface area contributed by atoms with Crippen molar-refractivity contribution in [2.45, 2.75) is 38.6 Å². The molecule has 1 fully saturated rings. The van der Waals surface area contributed by atoms with E-state index in [2.05, 4.69) is 12.2 Å². The highest BCUT2D eigenvalue weighted by Gasteiger charge is 2.24. The summed E-state index contributed by atoms with van der Waals surface area (Å²) in [6.07, 6.45) is 5.79. The number of rotatable bonds is 4. The highest BCUT2D eigenvalue weighted by atomic mass is 16.4. The van der Waals surface area contributed by atoms with Crippen LogP contribution in [-0.4, -0.2) is 23.0 Å². The molecule has 5 heteroatoms. The molecule has 0 aliphatic heterocycles. The number of benzene rings is 1. The lowest BCUT2D eigenvalue weighted by Gasteiger charge is -2.29. The van der Waals surface area contributed by atoms with Gasteiger partial charge in [-0.3, -0.25) is 4.79 Å². The molecule has 23 heavy (non-hydrogen) atoms. The van der Waals surface area contributed by atoms with E-state index in [1.165, 1.54) is 24.6 Å². The van der Waals surface area contributed by atoms with Crippen molar-refractivity contribution in [3.8, 4) is 6.07 Å². The maximum absolute atomic E-state index is 12.3. The number of hydrogen-bond donors (Lipinski definition) is 2. The highest BCUT2D eigenvalue weighted by Crippen LogP contribution is 2.24. The quantitative estimate of drug-likeness (QED) is 0.660. The average molecular weight is 312 g/mol. The lowest BCUT2D eigenvalue weighted by atomic mass is 9.86. The van der Waals surface area contributed by atoms with E-state index in [9.17, 15) is 14.9 Å². The summed E-state index contributed by atoms with van der Waals surface area (Å²) in [5.74, 6) is -0.957. The van der Waals surface area contributed by atoms with Crippen molar-refractivity contribution in [3.05, 3.63) is 41.0 Å². The molecule has 0 aromatic heterocycles. The van der Waals surface area contributed by atoms with Crippen LogP contribution >= 0.6 is 0 Å². The zero-order valence-electron chi connectivity index (χ0n) is 13.1. The van der Waals surface area contributed by atoms with E-state index in [4.69, 9.17) is 5.11 Å². The summed E-state index contributed by atoms with van der Waals surface area (Å²) in [5.41, 5.74) is 0.824. The van der Waals surface area contributed by atoms with Crippen molar-refractivity contribution in [1.82, 2.24) is 5.32 Å². The Labute approximate surface area is 135 Å². The van der Waals surface area contributed by atoms with Gasteiger partial charge in [0.05, 0.1) is 5.56 Å². The fraction of sp³-hybridized carbons (Fsp3) is 0.389. The van der Waals surface area contributed by atoms with Crippen LogP contribution < -0.4 is 5.32 Å². The molecule has 1 aliphatic carbocycles. The lowest BCUT2D eigenvalue weighted by molar-refractivity contribution is -0.118. The first-order valence-corrected chi connectivity index (χ1v) is 7.77. The first-order valence-electron chi connectivity index (χ1n) is 7.77. The van der Waals surface area contributed by atoms with Crippen molar-refractivity contribution in [1.29, 1.82) is 5.26 Å². The molecule has 0 bridgehead atoms. The number of nitriles is 1. The van der Waals surface area contributed by atoms with E-state index >= 15 is 0 Å². The molecule has 0 spiro atoms. The van der Waals surface area contributed by atoms with E-state index in [0.29, 0.717) is 11.5 Å². The van der Waals surface area contributed by atoms with Crippen LogP contribution in [0.25, 0.3) is 6.08 Å². The third kappa shape index (κ3) is 4.43. The predicted octanol–water partition coefficient (Wildman–Crippen LogP) is 2.99. The Morgan fingerprint density at radius 3 is 2.48 bits per heavy atom. The summed E-state index contributed by atoms with van der Waals surface area (Å²) >= 11 is 0. The number of carbonyl (C=O) groups is 2. The maximum atomic E-state index is 12.3. The van der Waals surface area contributed by atoms with Crippen LogP contribution in [0.5, 0.6) is 0 Å². The van der Waals surface area contributed by atoms with Gasteiger partial charge in [-0.1, -0.05) is 31.9 Å². The number of aromatic carboxylic acids is 1. The van der Waals surface area contributed by atoms with Crippen molar-refractivity contribution < 1.29 is 14.7 Å². The van der Waals surface area contributed by atoms with Crippen molar-refractivity contribution >= 4 is 18.0 Å². The van der Waals surface area contributed by atoms with Crippen LogP contribution in [0.2, 0.25) is 0 Å². The van der Waals surface area contributed by atoms with E-state index in [-0.39, 0.29) is 23.1 Å². The third-order valence-electron chi connectivity index (χ3n) is 4.26. The van der Waals surface area contributed by atoms with Gasteiger partial charge in [0.25, 0.3) is 5.91 Å². The van der Waals surface area contributed by atoms with E-state index < -0.39 is 5.97 Å². The fourth-order valence-electron chi connectivity index (χ4n) is 2.81. The van der Waals surface area contributed by atoms with Gasteiger partial charge in [-0.2, -0.15) is 5.26 Å². The van der Waals surface area contributed by atoms with Gasteiger partial charge in [-0.25, -0.2) is 4.79 Å². The van der Waals surface area contributed by atoms with Gasteiger partial charge in [0.2, 0.25) is 0 Å². The second-order valence-corrected chi connectivity index (χ2v) is 5.94. The molecule has 2 atom stereocenters. The Bertz CT molecular complexity index is 656. The van der Waals surface area contributed by atoms with Crippen molar-refractivity contribution in [3.63, 3.8) is 0 Å². The molecule has 5 nitrogen and oxygen atoms in total. The van der Waals surface area contributed by atoms with Gasteiger partial charge < -0.3 is 10.4 Å². The molecule has 2 rings (SSSR count). The highest BCUT2D eigenvalue weighted by molar-refractivity contribution is 6.02. The summed E-state index contributed by atoms with van der Waals surface area (Å²) < 4.78 is 0. The van der Waals surface area contributed by atoms with E-state index in [1.54, 1.807) is 12.1 Å². The molecule has 1 aromatic carbocycles. The Morgan fingerprint density at radius 1 is 1.26 bits per heavy atom. The molecular formula is C18H20N2O3. The Balaban J connectivity index is 2.10. The predicted molar refractivity (Wildman–Crippen MR) is 86.6 cm³/mol. The minimum absolute atomic E-state index is 0.0332. The SMILES string of the molecule is CC1CCCCC1NC(=O)C(C#N)=Cc1ccc(C(=O)O)cc1. The average Bonchev–Trinajstić information content (AvgIpc) is 2.55. The van der Waals surface area contributed by atoms with Gasteiger partial charge in [-0.05, 0) is 42.5 Å². The standard InChI is InChI=1S/C18H20N2O3/c1-12-4-2-3-5-16(12)20-17(21)15(11-19)10-13-6-8-14(9-7-13)18(22)23/h6-10,12,16H,2-5H2,1H3,(H,20,21)(H,22,23). The molecule has 2 N–H and O–H groups in total. The van der Waals surface area contributed by atoms with Crippen LogP contribution in [0.4, 0.5) is 0 Å². The first kappa shape index (κ1) is 16.8. The van der Waals surface area contributed by atoms with Crippen molar-refractivity contribution in [2.75, 3.05) is 0 Å². The monoisotopic (exact) mass is 312 g/mol. The van der Waals surface area contributed by atoms with Crippen LogP contribution in [0, 0.1) is 17.2 Å².